The zero-order valence-electron chi connectivity index (χ0n) is 19.4. The lowest BCUT2D eigenvalue weighted by molar-refractivity contribution is 0.0743. The first kappa shape index (κ1) is 22.8. The average Bonchev–Trinajstić information content (AvgIpc) is 3.13. The lowest BCUT2D eigenvalue weighted by Crippen LogP contribution is -2.34. The molecule has 0 fully saturated rings. The number of anilines is 1. The van der Waals surface area contributed by atoms with Gasteiger partial charge in [0.05, 0.1) is 11.3 Å². The van der Waals surface area contributed by atoms with Gasteiger partial charge < -0.3 is 14.7 Å². The van der Waals surface area contributed by atoms with Crippen LogP contribution in [0, 0.1) is 3.57 Å². The maximum atomic E-state index is 13.7. The highest BCUT2D eigenvalue weighted by atomic mass is 127. The van der Waals surface area contributed by atoms with Gasteiger partial charge in [-0.2, -0.15) is 5.10 Å². The van der Waals surface area contributed by atoms with E-state index in [4.69, 9.17) is 5.10 Å². The number of aryl methyl sites for hydroxylation is 1. The number of carbonyl (C=O) groups excluding carboxylic acids is 2. The number of halogens is 1. The number of pyridine rings is 1. The number of carbonyl (C=O) groups is 2. The second-order valence-corrected chi connectivity index (χ2v) is 10.2. The van der Waals surface area contributed by atoms with Crippen LogP contribution in [-0.4, -0.2) is 63.6 Å². The van der Waals surface area contributed by atoms with Gasteiger partial charge >= 0.3 is 0 Å². The molecule has 0 spiro atoms. The molecule has 4 heterocycles. The summed E-state index contributed by atoms with van der Waals surface area (Å²) in [6, 6.07) is 12.0. The predicted octanol–water partition coefficient (Wildman–Crippen LogP) is 3.19. The number of benzene rings is 1. The molecule has 2 aromatic heterocycles. The lowest BCUT2D eigenvalue weighted by atomic mass is 10.0. The van der Waals surface area contributed by atoms with Crippen molar-refractivity contribution in [2.24, 2.45) is 0 Å². The number of hydrogen-bond donors (Lipinski definition) is 0. The first-order valence-corrected chi connectivity index (χ1v) is 12.5. The van der Waals surface area contributed by atoms with Crippen LogP contribution >= 0.6 is 22.6 Å². The van der Waals surface area contributed by atoms with Crippen molar-refractivity contribution in [3.8, 4) is 0 Å². The third-order valence-electron chi connectivity index (χ3n) is 6.40. The summed E-state index contributed by atoms with van der Waals surface area (Å²) in [5.74, 6) is 0.782. The van der Waals surface area contributed by atoms with Crippen molar-refractivity contribution in [2.45, 2.75) is 32.5 Å². The van der Waals surface area contributed by atoms with Gasteiger partial charge in [0.2, 0.25) is 0 Å². The topological polar surface area (TPSA) is 74.6 Å². The molecule has 0 saturated carbocycles. The number of amides is 2. The third kappa shape index (κ3) is 4.40. The summed E-state index contributed by atoms with van der Waals surface area (Å²) >= 11 is 2.29. The van der Waals surface area contributed by atoms with Crippen molar-refractivity contribution in [1.82, 2.24) is 24.6 Å². The Bertz CT molecular complexity index is 1220. The number of nitrogens with zero attached hydrogens (tertiary/aromatic N) is 6. The smallest absolute Gasteiger partial charge is 0.272 e. The maximum absolute atomic E-state index is 13.7. The molecule has 34 heavy (non-hydrogen) atoms. The van der Waals surface area contributed by atoms with Crippen LogP contribution in [0.25, 0.3) is 0 Å². The highest BCUT2D eigenvalue weighted by Gasteiger charge is 2.32. The Morgan fingerprint density at radius 2 is 1.88 bits per heavy atom. The maximum Gasteiger partial charge on any atom is 0.272 e. The highest BCUT2D eigenvalue weighted by molar-refractivity contribution is 14.1. The van der Waals surface area contributed by atoms with E-state index >= 15 is 0 Å². The van der Waals surface area contributed by atoms with E-state index in [1.54, 1.807) is 25.2 Å². The van der Waals surface area contributed by atoms with Gasteiger partial charge in [-0.3, -0.25) is 14.3 Å². The van der Waals surface area contributed by atoms with Gasteiger partial charge in [-0.05, 0) is 58.8 Å². The molecule has 0 radical (unpaired) electrons. The summed E-state index contributed by atoms with van der Waals surface area (Å²) in [4.78, 5) is 36.0. The van der Waals surface area contributed by atoms with E-state index in [0.29, 0.717) is 24.3 Å². The summed E-state index contributed by atoms with van der Waals surface area (Å²) in [5.41, 5.74) is 4.42. The van der Waals surface area contributed by atoms with Crippen LogP contribution < -0.4 is 4.90 Å². The Kier molecular flexibility index (Phi) is 6.28. The van der Waals surface area contributed by atoms with E-state index in [-0.39, 0.29) is 11.8 Å². The van der Waals surface area contributed by atoms with Crippen molar-refractivity contribution < 1.29 is 9.59 Å². The number of hydrogen-bond acceptors (Lipinski definition) is 5. The van der Waals surface area contributed by atoms with Gasteiger partial charge in [0.25, 0.3) is 11.8 Å². The van der Waals surface area contributed by atoms with Crippen LogP contribution in [0.2, 0.25) is 0 Å². The summed E-state index contributed by atoms with van der Waals surface area (Å²) in [7, 11) is 3.46. The lowest BCUT2D eigenvalue weighted by Gasteiger charge is -2.28. The van der Waals surface area contributed by atoms with Crippen LogP contribution in [0.3, 0.4) is 0 Å². The van der Waals surface area contributed by atoms with Gasteiger partial charge in [-0.1, -0.05) is 12.1 Å². The molecule has 0 bridgehead atoms. The van der Waals surface area contributed by atoms with Crippen molar-refractivity contribution in [2.75, 3.05) is 32.1 Å². The fourth-order valence-electron chi connectivity index (χ4n) is 4.60. The molecule has 0 N–H and O–H groups in total. The zero-order chi connectivity index (χ0) is 23.8. The van der Waals surface area contributed by atoms with E-state index in [9.17, 15) is 9.59 Å². The fraction of sp³-hybridized carbons (Fsp3) is 0.360. The normalized spacial score (nSPS) is 15.6. The number of aromatic nitrogens is 3. The summed E-state index contributed by atoms with van der Waals surface area (Å²) in [5, 5.41) is 4.81. The van der Waals surface area contributed by atoms with Gasteiger partial charge in [0, 0.05) is 68.6 Å². The van der Waals surface area contributed by atoms with Crippen LogP contribution in [0.5, 0.6) is 0 Å². The molecule has 0 saturated heterocycles. The Morgan fingerprint density at radius 3 is 2.59 bits per heavy atom. The minimum Gasteiger partial charge on any atom is -0.352 e. The second-order valence-electron chi connectivity index (χ2n) is 8.98. The monoisotopic (exact) mass is 570 g/mol. The third-order valence-corrected chi connectivity index (χ3v) is 7.12. The minimum absolute atomic E-state index is 0.0477. The molecule has 8 nitrogen and oxygen atoms in total. The van der Waals surface area contributed by atoms with Crippen molar-refractivity contribution in [1.29, 1.82) is 0 Å². The van der Waals surface area contributed by atoms with Gasteiger partial charge in [-0.15, -0.1) is 0 Å². The summed E-state index contributed by atoms with van der Waals surface area (Å²) in [6.45, 7) is 3.43. The highest BCUT2D eigenvalue weighted by Crippen LogP contribution is 2.28. The second kappa shape index (κ2) is 9.36. The molecule has 2 aliphatic heterocycles. The van der Waals surface area contributed by atoms with E-state index in [0.717, 1.165) is 55.1 Å². The molecule has 0 aliphatic carbocycles. The zero-order valence-corrected chi connectivity index (χ0v) is 21.5. The van der Waals surface area contributed by atoms with Crippen LogP contribution in [0.15, 0.2) is 42.6 Å². The van der Waals surface area contributed by atoms with Crippen LogP contribution in [0.1, 0.15) is 44.1 Å². The molecule has 9 heteroatoms. The largest absolute Gasteiger partial charge is 0.352 e. The van der Waals surface area contributed by atoms with Gasteiger partial charge in [-0.25, -0.2) is 4.98 Å². The summed E-state index contributed by atoms with van der Waals surface area (Å²) < 4.78 is 3.10. The average molecular weight is 570 g/mol. The van der Waals surface area contributed by atoms with Crippen LogP contribution in [0.4, 0.5) is 5.82 Å². The van der Waals surface area contributed by atoms with Crippen molar-refractivity contribution in [3.05, 3.63) is 74.2 Å². The molecule has 1 aromatic carbocycles. The molecular formula is C25H27IN6O2. The molecule has 2 aliphatic rings. The molecule has 0 atom stereocenters. The molecular weight excluding hydrogens is 543 g/mol. The van der Waals surface area contributed by atoms with E-state index in [2.05, 4.69) is 56.7 Å². The predicted molar refractivity (Wildman–Crippen MR) is 138 cm³/mol. The quantitative estimate of drug-likeness (QED) is 0.451. The number of rotatable bonds is 4. The van der Waals surface area contributed by atoms with E-state index in [1.807, 2.05) is 21.7 Å². The van der Waals surface area contributed by atoms with Gasteiger partial charge in [0.1, 0.15) is 11.5 Å². The Balaban J connectivity index is 1.39. The Labute approximate surface area is 212 Å². The standard InChI is InChI=1S/C25H27IN6O2/c1-29(2)24(33)18-6-9-22(27-14-18)30-13-10-21-20(16-30)23-25(34)31(11-3-12-32(23)28-21)15-17-4-7-19(26)8-5-17/h4-9,14H,3,10-13,15-16H2,1-2H3. The van der Waals surface area contributed by atoms with Crippen molar-refractivity contribution in [3.63, 3.8) is 0 Å². The minimum atomic E-state index is -0.0687. The molecule has 5 rings (SSSR count). The van der Waals surface area contributed by atoms with Gasteiger partial charge in [0.15, 0.2) is 0 Å². The van der Waals surface area contributed by atoms with Crippen molar-refractivity contribution >= 4 is 40.2 Å². The first-order chi connectivity index (χ1) is 16.4. The summed E-state index contributed by atoms with van der Waals surface area (Å²) in [6.07, 6.45) is 3.27. The molecule has 2 amide bonds. The van der Waals surface area contributed by atoms with E-state index in [1.165, 1.54) is 3.57 Å². The molecule has 0 unspecified atom stereocenters. The molecule has 176 valence electrons. The van der Waals surface area contributed by atoms with Crippen LogP contribution in [-0.2, 0) is 26.1 Å². The SMILES string of the molecule is CN(C)C(=O)c1ccc(N2CCc3nn4c(c3C2)C(=O)N(Cc2ccc(I)cc2)CCC4)nc1. The van der Waals surface area contributed by atoms with E-state index < -0.39 is 0 Å². The fourth-order valence-corrected chi connectivity index (χ4v) is 4.96. The first-order valence-electron chi connectivity index (χ1n) is 11.5. The Morgan fingerprint density at radius 1 is 1.09 bits per heavy atom. The molecule has 3 aromatic rings. The Hall–Kier alpha value is -2.95. The number of fused-ring (bicyclic) bond motifs is 3.